The van der Waals surface area contributed by atoms with Gasteiger partial charge in [0.25, 0.3) is 0 Å². The van der Waals surface area contributed by atoms with Crippen LogP contribution in [0.4, 0.5) is 11.4 Å². The van der Waals surface area contributed by atoms with Crippen molar-refractivity contribution in [3.05, 3.63) is 48.5 Å². The molecule has 2 aromatic carbocycles. The summed E-state index contributed by atoms with van der Waals surface area (Å²) in [6.45, 7) is 0. The molecule has 0 unspecified atom stereocenters. The molecule has 17 heavy (non-hydrogen) atoms. The van der Waals surface area contributed by atoms with Gasteiger partial charge >= 0.3 is 0 Å². The van der Waals surface area contributed by atoms with E-state index in [0.717, 1.165) is 11.4 Å². The summed E-state index contributed by atoms with van der Waals surface area (Å²) in [5, 5.41) is 0.380. The van der Waals surface area contributed by atoms with Gasteiger partial charge in [-0.25, -0.2) is 0 Å². The van der Waals surface area contributed by atoms with Crippen molar-refractivity contribution in [1.82, 2.24) is 0 Å². The lowest BCUT2D eigenvalue weighted by molar-refractivity contribution is 1.20. The SMILES string of the molecule is NC(=S)N1c2ccccc2Sc2ccccc21. The maximum Gasteiger partial charge on any atom is 0.175 e. The van der Waals surface area contributed by atoms with Gasteiger partial charge < -0.3 is 5.73 Å². The Morgan fingerprint density at radius 2 is 1.41 bits per heavy atom. The number of fused-ring (bicyclic) bond motifs is 2. The van der Waals surface area contributed by atoms with E-state index in [1.807, 2.05) is 41.3 Å². The molecule has 0 saturated heterocycles. The molecule has 1 heterocycles. The van der Waals surface area contributed by atoms with E-state index >= 15 is 0 Å². The fraction of sp³-hybridized carbons (Fsp3) is 0. The minimum absolute atomic E-state index is 0.380. The molecule has 0 bridgehead atoms. The van der Waals surface area contributed by atoms with Crippen molar-refractivity contribution < 1.29 is 0 Å². The average Bonchev–Trinajstić information content (AvgIpc) is 2.35. The van der Waals surface area contributed by atoms with Crippen molar-refractivity contribution in [3.63, 3.8) is 0 Å². The van der Waals surface area contributed by atoms with E-state index < -0.39 is 0 Å². The summed E-state index contributed by atoms with van der Waals surface area (Å²) in [7, 11) is 0. The van der Waals surface area contributed by atoms with Crippen molar-refractivity contribution in [2.45, 2.75) is 9.79 Å². The van der Waals surface area contributed by atoms with E-state index in [1.54, 1.807) is 11.8 Å². The number of rotatable bonds is 0. The Hall–Kier alpha value is -1.52. The van der Waals surface area contributed by atoms with Crippen LogP contribution in [0.15, 0.2) is 58.3 Å². The van der Waals surface area contributed by atoms with E-state index in [-0.39, 0.29) is 0 Å². The zero-order valence-electron chi connectivity index (χ0n) is 8.96. The molecule has 1 aliphatic rings. The number of nitrogens with zero attached hydrogens (tertiary/aromatic N) is 1. The molecule has 0 spiro atoms. The van der Waals surface area contributed by atoms with Gasteiger partial charge in [-0.05, 0) is 36.5 Å². The third kappa shape index (κ3) is 1.69. The average molecular weight is 258 g/mol. The lowest BCUT2D eigenvalue weighted by Gasteiger charge is -2.31. The Morgan fingerprint density at radius 1 is 0.941 bits per heavy atom. The Bertz CT molecular complexity index is 550. The van der Waals surface area contributed by atoms with Crippen LogP contribution in [0.5, 0.6) is 0 Å². The molecule has 3 rings (SSSR count). The third-order valence-electron chi connectivity index (χ3n) is 2.65. The van der Waals surface area contributed by atoms with Crippen molar-refractivity contribution in [2.75, 3.05) is 4.90 Å². The van der Waals surface area contributed by atoms with Gasteiger partial charge in [0.05, 0.1) is 11.4 Å². The lowest BCUT2D eigenvalue weighted by atomic mass is 10.2. The Kier molecular flexibility index (Phi) is 2.53. The second kappa shape index (κ2) is 4.05. The van der Waals surface area contributed by atoms with Crippen molar-refractivity contribution in [2.24, 2.45) is 5.73 Å². The third-order valence-corrected chi connectivity index (χ3v) is 3.97. The smallest absolute Gasteiger partial charge is 0.175 e. The molecular weight excluding hydrogens is 248 g/mol. The van der Waals surface area contributed by atoms with Crippen LogP contribution in [0.25, 0.3) is 0 Å². The fourth-order valence-corrected chi connectivity index (χ4v) is 3.20. The van der Waals surface area contributed by atoms with Crippen LogP contribution < -0.4 is 10.6 Å². The number of nitrogens with two attached hydrogens (primary N) is 1. The quantitative estimate of drug-likeness (QED) is 0.732. The van der Waals surface area contributed by atoms with Crippen molar-refractivity contribution in [1.29, 1.82) is 0 Å². The number of para-hydroxylation sites is 2. The van der Waals surface area contributed by atoms with Crippen LogP contribution in [0, 0.1) is 0 Å². The maximum atomic E-state index is 5.84. The Labute approximate surface area is 109 Å². The Balaban J connectivity index is 2.24. The summed E-state index contributed by atoms with van der Waals surface area (Å²) in [6.07, 6.45) is 0. The first-order chi connectivity index (χ1) is 8.27. The monoisotopic (exact) mass is 258 g/mol. The fourth-order valence-electron chi connectivity index (χ4n) is 1.94. The van der Waals surface area contributed by atoms with Gasteiger partial charge in [0.1, 0.15) is 0 Å². The van der Waals surface area contributed by atoms with E-state index in [1.165, 1.54) is 9.79 Å². The predicted molar refractivity (Wildman–Crippen MR) is 75.9 cm³/mol. The van der Waals surface area contributed by atoms with E-state index in [4.69, 9.17) is 18.0 Å². The number of hydrogen-bond acceptors (Lipinski definition) is 2. The molecule has 1 aliphatic heterocycles. The van der Waals surface area contributed by atoms with Crippen LogP contribution in [-0.4, -0.2) is 5.11 Å². The molecule has 2 aromatic rings. The highest BCUT2D eigenvalue weighted by Crippen LogP contribution is 2.47. The van der Waals surface area contributed by atoms with E-state index in [2.05, 4.69) is 12.1 Å². The first kappa shape index (κ1) is 10.6. The van der Waals surface area contributed by atoms with Gasteiger partial charge in [-0.2, -0.15) is 0 Å². The highest BCUT2D eigenvalue weighted by molar-refractivity contribution is 7.99. The number of hydrogen-bond donors (Lipinski definition) is 1. The zero-order valence-corrected chi connectivity index (χ0v) is 10.6. The number of thiocarbonyl (C=S) groups is 1. The minimum Gasteiger partial charge on any atom is -0.376 e. The summed E-state index contributed by atoms with van der Waals surface area (Å²) >= 11 is 6.91. The second-order valence-electron chi connectivity index (χ2n) is 3.71. The number of anilines is 2. The second-order valence-corrected chi connectivity index (χ2v) is 5.21. The Morgan fingerprint density at radius 3 is 1.88 bits per heavy atom. The van der Waals surface area contributed by atoms with Crippen LogP contribution in [0.1, 0.15) is 0 Å². The highest BCUT2D eigenvalue weighted by atomic mass is 32.2. The molecule has 2 nitrogen and oxygen atoms in total. The molecule has 0 radical (unpaired) electrons. The molecule has 0 aromatic heterocycles. The van der Waals surface area contributed by atoms with Crippen LogP contribution >= 0.6 is 24.0 Å². The zero-order chi connectivity index (χ0) is 11.8. The van der Waals surface area contributed by atoms with Crippen LogP contribution in [-0.2, 0) is 0 Å². The summed E-state index contributed by atoms with van der Waals surface area (Å²) in [5.74, 6) is 0. The van der Waals surface area contributed by atoms with Gasteiger partial charge in [0.2, 0.25) is 0 Å². The van der Waals surface area contributed by atoms with Crippen LogP contribution in [0.3, 0.4) is 0 Å². The molecule has 84 valence electrons. The first-order valence-corrected chi connectivity index (χ1v) is 6.45. The molecule has 2 N–H and O–H groups in total. The van der Waals surface area contributed by atoms with E-state index in [9.17, 15) is 0 Å². The summed E-state index contributed by atoms with van der Waals surface area (Å²) in [6, 6.07) is 16.3. The van der Waals surface area contributed by atoms with Gasteiger partial charge in [-0.15, -0.1) is 0 Å². The van der Waals surface area contributed by atoms with Crippen LogP contribution in [0.2, 0.25) is 0 Å². The normalized spacial score (nSPS) is 12.8. The predicted octanol–water partition coefficient (Wildman–Crippen LogP) is 3.53. The van der Waals surface area contributed by atoms with Gasteiger partial charge in [-0.3, -0.25) is 4.90 Å². The molecular formula is C13H10N2S2. The van der Waals surface area contributed by atoms with Gasteiger partial charge in [0.15, 0.2) is 5.11 Å². The molecule has 0 saturated carbocycles. The largest absolute Gasteiger partial charge is 0.376 e. The summed E-state index contributed by atoms with van der Waals surface area (Å²) in [4.78, 5) is 4.29. The molecule has 0 aliphatic carbocycles. The van der Waals surface area contributed by atoms with Gasteiger partial charge in [-0.1, -0.05) is 36.0 Å². The minimum atomic E-state index is 0.380. The standard InChI is InChI=1S/C13H10N2S2/c14-13(16)15-9-5-1-3-7-11(9)17-12-8-4-2-6-10(12)15/h1-8H,(H2,14,16). The molecule has 0 atom stereocenters. The first-order valence-electron chi connectivity index (χ1n) is 5.23. The van der Waals surface area contributed by atoms with Crippen molar-refractivity contribution >= 4 is 40.5 Å². The summed E-state index contributed by atoms with van der Waals surface area (Å²) in [5.41, 5.74) is 7.96. The highest BCUT2D eigenvalue weighted by Gasteiger charge is 2.24. The molecule has 0 amide bonds. The lowest BCUT2D eigenvalue weighted by Crippen LogP contribution is -2.32. The molecule has 0 fully saturated rings. The number of benzene rings is 2. The summed E-state index contributed by atoms with van der Waals surface area (Å²) < 4.78 is 0. The molecule has 4 heteroatoms. The maximum absolute atomic E-state index is 5.84. The van der Waals surface area contributed by atoms with Crippen molar-refractivity contribution in [3.8, 4) is 0 Å². The topological polar surface area (TPSA) is 29.3 Å². The van der Waals surface area contributed by atoms with E-state index in [0.29, 0.717) is 5.11 Å². The van der Waals surface area contributed by atoms with Gasteiger partial charge in [0, 0.05) is 9.79 Å².